The second-order valence-electron chi connectivity index (χ2n) is 7.69. The summed E-state index contributed by atoms with van der Waals surface area (Å²) >= 11 is 0. The van der Waals surface area contributed by atoms with E-state index in [-0.39, 0.29) is 17.9 Å². The van der Waals surface area contributed by atoms with Crippen LogP contribution >= 0.6 is 0 Å². The van der Waals surface area contributed by atoms with Gasteiger partial charge in [-0.1, -0.05) is 41.6 Å². The summed E-state index contributed by atoms with van der Waals surface area (Å²) in [6.07, 6.45) is 1.64. The fourth-order valence-electron chi connectivity index (χ4n) is 3.84. The van der Waals surface area contributed by atoms with E-state index in [4.69, 9.17) is 14.0 Å². The van der Waals surface area contributed by atoms with Gasteiger partial charge in [-0.3, -0.25) is 4.79 Å². The van der Waals surface area contributed by atoms with Crippen LogP contribution in [0.5, 0.6) is 5.75 Å². The third-order valence-electron chi connectivity index (χ3n) is 5.57. The lowest BCUT2D eigenvalue weighted by molar-refractivity contribution is -0.147. The van der Waals surface area contributed by atoms with Gasteiger partial charge in [0, 0.05) is 30.3 Å². The number of ether oxygens (including phenoxy) is 2. The highest BCUT2D eigenvalue weighted by molar-refractivity contribution is 5.79. The highest BCUT2D eigenvalue weighted by Crippen LogP contribution is 2.28. The van der Waals surface area contributed by atoms with Crippen LogP contribution in [0.25, 0.3) is 22.8 Å². The number of hydrogen-bond donors (Lipinski definition) is 0. The van der Waals surface area contributed by atoms with Crippen LogP contribution in [0.2, 0.25) is 0 Å². The first kappa shape index (κ1) is 18.8. The zero-order valence-corrected chi connectivity index (χ0v) is 16.6. The summed E-state index contributed by atoms with van der Waals surface area (Å²) in [5, 5.41) is 4.07. The number of carbonyl (C=O) groups excluding carboxylic acids is 1. The van der Waals surface area contributed by atoms with Gasteiger partial charge < -0.3 is 18.9 Å². The van der Waals surface area contributed by atoms with Crippen LogP contribution in [0.3, 0.4) is 0 Å². The van der Waals surface area contributed by atoms with Crippen LogP contribution in [0.1, 0.15) is 12.8 Å². The van der Waals surface area contributed by atoms with E-state index in [1.165, 1.54) is 0 Å². The van der Waals surface area contributed by atoms with Gasteiger partial charge in [-0.15, -0.1) is 0 Å². The van der Waals surface area contributed by atoms with Crippen LogP contribution in [0.4, 0.5) is 0 Å². The molecular formula is C23H23N3O4. The minimum Gasteiger partial charge on any atom is -0.487 e. The van der Waals surface area contributed by atoms with E-state index in [1.807, 2.05) is 59.5 Å². The summed E-state index contributed by atoms with van der Waals surface area (Å²) in [5.41, 5.74) is 1.71. The molecule has 7 heteroatoms. The molecule has 0 radical (unpaired) electrons. The molecule has 154 valence electrons. The standard InChI is InChI=1S/C23H23N3O4/c27-23(17-9-11-28-12-10-17)26-14-20(15-26)29-19-8-4-7-18(13-19)22-24-21(25-30-22)16-5-2-1-3-6-16/h1-8,13,17,20H,9-12,14-15H2. The molecule has 0 unspecified atom stereocenters. The van der Waals surface area contributed by atoms with Gasteiger partial charge in [-0.25, -0.2) is 0 Å². The Morgan fingerprint density at radius 2 is 1.77 bits per heavy atom. The van der Waals surface area contributed by atoms with Crippen LogP contribution in [-0.4, -0.2) is 53.4 Å². The first-order valence-electron chi connectivity index (χ1n) is 10.3. The molecule has 2 fully saturated rings. The van der Waals surface area contributed by atoms with E-state index >= 15 is 0 Å². The quantitative estimate of drug-likeness (QED) is 0.647. The van der Waals surface area contributed by atoms with Crippen molar-refractivity contribution in [1.82, 2.24) is 15.0 Å². The number of likely N-dealkylation sites (tertiary alicyclic amines) is 1. The summed E-state index contributed by atoms with van der Waals surface area (Å²) < 4.78 is 16.8. The number of amides is 1. The van der Waals surface area contributed by atoms with E-state index in [9.17, 15) is 4.79 Å². The first-order valence-corrected chi connectivity index (χ1v) is 10.3. The van der Waals surface area contributed by atoms with E-state index in [1.54, 1.807) is 0 Å². The third kappa shape index (κ3) is 3.93. The molecule has 2 aromatic carbocycles. The lowest BCUT2D eigenvalue weighted by Crippen LogP contribution is -2.58. The van der Waals surface area contributed by atoms with E-state index < -0.39 is 0 Å². The number of nitrogens with zero attached hydrogens (tertiary/aromatic N) is 3. The summed E-state index contributed by atoms with van der Waals surface area (Å²) in [5.74, 6) is 2.06. The number of benzene rings is 2. The molecule has 30 heavy (non-hydrogen) atoms. The molecule has 1 aromatic heterocycles. The maximum Gasteiger partial charge on any atom is 0.258 e. The van der Waals surface area contributed by atoms with Crippen molar-refractivity contribution in [3.63, 3.8) is 0 Å². The number of aromatic nitrogens is 2. The molecule has 0 bridgehead atoms. The predicted molar refractivity (Wildman–Crippen MR) is 110 cm³/mol. The van der Waals surface area contributed by atoms with E-state index in [2.05, 4.69) is 10.1 Å². The molecule has 0 aliphatic carbocycles. The molecule has 2 aliphatic heterocycles. The maximum atomic E-state index is 12.5. The summed E-state index contributed by atoms with van der Waals surface area (Å²) in [6, 6.07) is 17.3. The van der Waals surface area contributed by atoms with Gasteiger partial charge >= 0.3 is 0 Å². The lowest BCUT2D eigenvalue weighted by atomic mass is 9.96. The van der Waals surface area contributed by atoms with Crippen molar-refractivity contribution in [3.8, 4) is 28.6 Å². The van der Waals surface area contributed by atoms with Gasteiger partial charge in [0.1, 0.15) is 11.9 Å². The molecular weight excluding hydrogens is 382 g/mol. The van der Waals surface area contributed by atoms with Crippen LogP contribution in [-0.2, 0) is 9.53 Å². The molecule has 7 nitrogen and oxygen atoms in total. The predicted octanol–water partition coefficient (Wildman–Crippen LogP) is 3.42. The van der Waals surface area contributed by atoms with Crippen molar-refractivity contribution in [2.45, 2.75) is 18.9 Å². The van der Waals surface area contributed by atoms with Crippen molar-refractivity contribution in [3.05, 3.63) is 54.6 Å². The SMILES string of the molecule is O=C(C1CCOCC1)N1CC(Oc2cccc(-c3nc(-c4ccccc4)no3)c2)C1. The molecule has 3 aromatic rings. The average molecular weight is 405 g/mol. The van der Waals surface area contributed by atoms with Gasteiger partial charge in [0.05, 0.1) is 13.1 Å². The Bertz CT molecular complexity index is 1010. The molecule has 3 heterocycles. The fourth-order valence-corrected chi connectivity index (χ4v) is 3.84. The first-order chi connectivity index (χ1) is 14.8. The molecule has 0 N–H and O–H groups in total. The second kappa shape index (κ2) is 8.28. The summed E-state index contributed by atoms with van der Waals surface area (Å²) in [6.45, 7) is 2.61. The number of hydrogen-bond acceptors (Lipinski definition) is 6. The Kier molecular flexibility index (Phi) is 5.19. The van der Waals surface area contributed by atoms with E-state index in [0.29, 0.717) is 38.0 Å². The Morgan fingerprint density at radius 3 is 2.57 bits per heavy atom. The largest absolute Gasteiger partial charge is 0.487 e. The molecule has 0 atom stereocenters. The monoisotopic (exact) mass is 405 g/mol. The van der Waals surface area contributed by atoms with Crippen molar-refractivity contribution in [1.29, 1.82) is 0 Å². The van der Waals surface area contributed by atoms with Crippen LogP contribution in [0, 0.1) is 5.92 Å². The van der Waals surface area contributed by atoms with Crippen molar-refractivity contribution in [2.24, 2.45) is 5.92 Å². The number of rotatable bonds is 5. The number of carbonyl (C=O) groups is 1. The van der Waals surface area contributed by atoms with Gasteiger partial charge in [0.15, 0.2) is 0 Å². The van der Waals surface area contributed by atoms with Crippen molar-refractivity contribution in [2.75, 3.05) is 26.3 Å². The summed E-state index contributed by atoms with van der Waals surface area (Å²) in [7, 11) is 0. The van der Waals surface area contributed by atoms with Gasteiger partial charge in [0.25, 0.3) is 5.89 Å². The van der Waals surface area contributed by atoms with Gasteiger partial charge in [-0.05, 0) is 31.0 Å². The second-order valence-corrected chi connectivity index (χ2v) is 7.69. The minimum absolute atomic E-state index is 0.00612. The Labute approximate surface area is 174 Å². The minimum atomic E-state index is 0.00612. The normalized spacial score (nSPS) is 17.5. The highest BCUT2D eigenvalue weighted by Gasteiger charge is 2.36. The molecule has 5 rings (SSSR count). The van der Waals surface area contributed by atoms with Gasteiger partial charge in [0.2, 0.25) is 11.7 Å². The van der Waals surface area contributed by atoms with Crippen molar-refractivity contribution >= 4 is 5.91 Å². The molecule has 2 saturated heterocycles. The topological polar surface area (TPSA) is 77.7 Å². The molecule has 0 spiro atoms. The molecule has 1 amide bonds. The van der Waals surface area contributed by atoms with Gasteiger partial charge in [-0.2, -0.15) is 4.98 Å². The summed E-state index contributed by atoms with van der Waals surface area (Å²) in [4.78, 5) is 18.9. The van der Waals surface area contributed by atoms with E-state index in [0.717, 1.165) is 29.7 Å². The zero-order chi connectivity index (χ0) is 20.3. The maximum absolute atomic E-state index is 12.5. The lowest BCUT2D eigenvalue weighted by Gasteiger charge is -2.41. The third-order valence-corrected chi connectivity index (χ3v) is 5.57. The zero-order valence-electron chi connectivity index (χ0n) is 16.6. The average Bonchev–Trinajstić information content (AvgIpc) is 3.27. The van der Waals surface area contributed by atoms with Crippen LogP contribution in [0.15, 0.2) is 59.1 Å². The fraction of sp³-hybridized carbons (Fsp3) is 0.348. The van der Waals surface area contributed by atoms with Crippen LogP contribution < -0.4 is 4.74 Å². The molecule has 2 aliphatic rings. The Balaban J connectivity index is 1.20. The highest BCUT2D eigenvalue weighted by atomic mass is 16.5. The Hall–Kier alpha value is -3.19. The van der Waals surface area contributed by atoms with Crippen molar-refractivity contribution < 1.29 is 18.8 Å². The smallest absolute Gasteiger partial charge is 0.258 e. The Morgan fingerprint density at radius 1 is 1.00 bits per heavy atom. The molecule has 0 saturated carbocycles.